The summed E-state index contributed by atoms with van der Waals surface area (Å²) in [7, 11) is 1.91. The van der Waals surface area contributed by atoms with E-state index in [9.17, 15) is 0 Å². The van der Waals surface area contributed by atoms with Gasteiger partial charge in [0.1, 0.15) is 0 Å². The highest BCUT2D eigenvalue weighted by molar-refractivity contribution is 7.05. The third-order valence-electron chi connectivity index (χ3n) is 2.50. The maximum Gasteiger partial charge on any atom is 0.0669 e. The molecule has 1 unspecified atom stereocenters. The third kappa shape index (κ3) is 3.16. The summed E-state index contributed by atoms with van der Waals surface area (Å²) in [6.07, 6.45) is 2.53. The Hall–Kier alpha value is -0.680. The summed E-state index contributed by atoms with van der Waals surface area (Å²) in [5.74, 6) is 0. The van der Waals surface area contributed by atoms with Crippen LogP contribution in [-0.2, 0) is 6.42 Å². The Morgan fingerprint density at radius 2 is 2.24 bits per heavy atom. The first-order chi connectivity index (χ1) is 8.20. The van der Waals surface area contributed by atoms with Crippen molar-refractivity contribution in [2.75, 3.05) is 7.05 Å². The minimum absolute atomic E-state index is 0.158. The molecule has 3 nitrogen and oxygen atoms in total. The zero-order chi connectivity index (χ0) is 12.3. The second-order valence-electron chi connectivity index (χ2n) is 3.60. The van der Waals surface area contributed by atoms with Gasteiger partial charge in [0.2, 0.25) is 0 Å². The van der Waals surface area contributed by atoms with Gasteiger partial charge in [-0.25, -0.2) is 0 Å². The van der Waals surface area contributed by atoms with Gasteiger partial charge in [-0.2, -0.15) is 0 Å². The van der Waals surface area contributed by atoms with Crippen molar-refractivity contribution >= 4 is 34.7 Å². The van der Waals surface area contributed by atoms with Gasteiger partial charge in [0.25, 0.3) is 0 Å². The van der Waals surface area contributed by atoms with Gasteiger partial charge < -0.3 is 5.32 Å². The topological polar surface area (TPSA) is 37.8 Å². The number of nitrogens with one attached hydrogen (secondary N) is 1. The van der Waals surface area contributed by atoms with Crippen LogP contribution in [0, 0.1) is 0 Å². The molecule has 0 saturated carbocycles. The first kappa shape index (κ1) is 12.8. The first-order valence-corrected chi connectivity index (χ1v) is 6.62. The average Bonchev–Trinajstić information content (AvgIpc) is 2.84. The molecule has 6 heteroatoms. The van der Waals surface area contributed by atoms with Crippen LogP contribution in [0.15, 0.2) is 24.4 Å². The van der Waals surface area contributed by atoms with E-state index in [1.165, 1.54) is 11.5 Å². The molecule has 0 aliphatic heterocycles. The molecule has 1 aromatic carbocycles. The molecule has 0 aliphatic carbocycles. The van der Waals surface area contributed by atoms with Gasteiger partial charge in [-0.1, -0.05) is 27.7 Å². The molecule has 1 aromatic heterocycles. The lowest BCUT2D eigenvalue weighted by atomic mass is 10.1. The summed E-state index contributed by atoms with van der Waals surface area (Å²) in [6, 6.07) is 5.65. The van der Waals surface area contributed by atoms with E-state index in [0.29, 0.717) is 5.02 Å². The van der Waals surface area contributed by atoms with Crippen LogP contribution in [0.5, 0.6) is 0 Å². The van der Waals surface area contributed by atoms with Crippen molar-refractivity contribution in [1.29, 1.82) is 0 Å². The summed E-state index contributed by atoms with van der Waals surface area (Å²) in [5, 5.41) is 8.50. The molecule has 2 aromatic rings. The molecule has 2 rings (SSSR count). The summed E-state index contributed by atoms with van der Waals surface area (Å²) in [6.45, 7) is 0. The predicted octanol–water partition coefficient (Wildman–Crippen LogP) is 3.35. The van der Waals surface area contributed by atoms with E-state index >= 15 is 0 Å². The van der Waals surface area contributed by atoms with Crippen molar-refractivity contribution in [1.82, 2.24) is 14.9 Å². The van der Waals surface area contributed by atoms with Crippen LogP contribution >= 0.6 is 34.7 Å². The number of rotatable bonds is 4. The van der Waals surface area contributed by atoms with Gasteiger partial charge in [-0.3, -0.25) is 0 Å². The van der Waals surface area contributed by atoms with E-state index in [2.05, 4.69) is 14.9 Å². The van der Waals surface area contributed by atoms with Gasteiger partial charge in [0.05, 0.1) is 11.1 Å². The molecule has 90 valence electrons. The van der Waals surface area contributed by atoms with E-state index < -0.39 is 0 Å². The number of benzene rings is 1. The predicted molar refractivity (Wildman–Crippen MR) is 71.9 cm³/mol. The van der Waals surface area contributed by atoms with Crippen molar-refractivity contribution in [2.45, 2.75) is 12.5 Å². The molecule has 17 heavy (non-hydrogen) atoms. The number of hydrogen-bond donors (Lipinski definition) is 1. The minimum atomic E-state index is 0.158. The van der Waals surface area contributed by atoms with Gasteiger partial charge in [0, 0.05) is 16.1 Å². The van der Waals surface area contributed by atoms with Crippen molar-refractivity contribution < 1.29 is 0 Å². The second-order valence-corrected chi connectivity index (χ2v) is 5.26. The minimum Gasteiger partial charge on any atom is -0.312 e. The van der Waals surface area contributed by atoms with E-state index in [1.54, 1.807) is 12.3 Å². The van der Waals surface area contributed by atoms with Crippen LogP contribution in [0.3, 0.4) is 0 Å². The highest BCUT2D eigenvalue weighted by Crippen LogP contribution is 2.26. The van der Waals surface area contributed by atoms with Crippen LogP contribution in [0.2, 0.25) is 10.0 Å². The number of hydrogen-bond acceptors (Lipinski definition) is 4. The van der Waals surface area contributed by atoms with Crippen LogP contribution in [0.4, 0.5) is 0 Å². The Labute approximate surface area is 114 Å². The molecular weight excluding hydrogens is 277 g/mol. The number of halogens is 2. The highest BCUT2D eigenvalue weighted by atomic mass is 35.5. The second kappa shape index (κ2) is 5.78. The van der Waals surface area contributed by atoms with Gasteiger partial charge in [-0.05, 0) is 48.8 Å². The maximum atomic E-state index is 6.14. The summed E-state index contributed by atoms with van der Waals surface area (Å²) in [5.41, 5.74) is 1.02. The van der Waals surface area contributed by atoms with E-state index in [1.807, 2.05) is 19.2 Å². The molecule has 0 amide bonds. The normalized spacial score (nSPS) is 12.6. The smallest absolute Gasteiger partial charge is 0.0669 e. The van der Waals surface area contributed by atoms with Gasteiger partial charge in [-0.15, -0.1) is 5.10 Å². The van der Waals surface area contributed by atoms with Crippen molar-refractivity contribution in [3.05, 3.63) is 44.9 Å². The average molecular weight is 288 g/mol. The third-order valence-corrected chi connectivity index (χ3v) is 3.88. The standard InChI is InChI=1S/C11H11Cl2N3S/c1-14-10(11-6-15-16-17-11)5-7-4-8(12)2-3-9(7)13/h2-4,6,10,14H,5H2,1H3. The van der Waals surface area contributed by atoms with Crippen LogP contribution < -0.4 is 5.32 Å². The first-order valence-electron chi connectivity index (χ1n) is 5.09. The number of likely N-dealkylation sites (N-methyl/N-ethyl adjacent to an activating group) is 1. The molecule has 0 fully saturated rings. The molecule has 0 bridgehead atoms. The number of nitrogens with zero attached hydrogens (tertiary/aromatic N) is 2. The Balaban J connectivity index is 2.21. The molecule has 0 radical (unpaired) electrons. The van der Waals surface area contributed by atoms with E-state index in [4.69, 9.17) is 23.2 Å². The zero-order valence-electron chi connectivity index (χ0n) is 9.15. The fourth-order valence-electron chi connectivity index (χ4n) is 1.59. The monoisotopic (exact) mass is 287 g/mol. The van der Waals surface area contributed by atoms with Crippen molar-refractivity contribution in [3.63, 3.8) is 0 Å². The Bertz CT molecular complexity index is 487. The SMILES string of the molecule is CNC(Cc1cc(Cl)ccc1Cl)c1cnns1. The Morgan fingerprint density at radius 3 is 2.88 bits per heavy atom. The fourth-order valence-corrected chi connectivity index (χ4v) is 2.59. The molecule has 0 saturated heterocycles. The molecule has 0 aliphatic rings. The molecule has 1 heterocycles. The van der Waals surface area contributed by atoms with E-state index in [-0.39, 0.29) is 6.04 Å². The van der Waals surface area contributed by atoms with Crippen LogP contribution in [0.1, 0.15) is 16.5 Å². The fraction of sp³-hybridized carbons (Fsp3) is 0.273. The lowest BCUT2D eigenvalue weighted by Gasteiger charge is -2.14. The summed E-state index contributed by atoms with van der Waals surface area (Å²) < 4.78 is 3.87. The van der Waals surface area contributed by atoms with Crippen LogP contribution in [-0.4, -0.2) is 16.6 Å². The maximum absolute atomic E-state index is 6.14. The lowest BCUT2D eigenvalue weighted by Crippen LogP contribution is -2.17. The quantitative estimate of drug-likeness (QED) is 0.937. The van der Waals surface area contributed by atoms with Crippen LogP contribution in [0.25, 0.3) is 0 Å². The van der Waals surface area contributed by atoms with E-state index in [0.717, 1.165) is 21.9 Å². The largest absolute Gasteiger partial charge is 0.312 e. The molecule has 0 spiro atoms. The summed E-state index contributed by atoms with van der Waals surface area (Å²) in [4.78, 5) is 1.09. The molecule has 1 atom stereocenters. The Morgan fingerprint density at radius 1 is 1.41 bits per heavy atom. The Kier molecular flexibility index (Phi) is 4.34. The lowest BCUT2D eigenvalue weighted by molar-refractivity contribution is 0.601. The molecular formula is C11H11Cl2N3S. The van der Waals surface area contributed by atoms with Gasteiger partial charge >= 0.3 is 0 Å². The van der Waals surface area contributed by atoms with Crippen molar-refractivity contribution in [3.8, 4) is 0 Å². The summed E-state index contributed by atoms with van der Waals surface area (Å²) >= 11 is 13.5. The molecule has 1 N–H and O–H groups in total. The highest BCUT2D eigenvalue weighted by Gasteiger charge is 2.14. The zero-order valence-corrected chi connectivity index (χ0v) is 11.5. The van der Waals surface area contributed by atoms with Gasteiger partial charge in [0.15, 0.2) is 0 Å². The number of aromatic nitrogens is 2. The van der Waals surface area contributed by atoms with Crippen molar-refractivity contribution in [2.24, 2.45) is 0 Å².